The number of aromatic nitrogens is 2. The van der Waals surface area contributed by atoms with Gasteiger partial charge >= 0.3 is 5.97 Å². The van der Waals surface area contributed by atoms with E-state index in [2.05, 4.69) is 17.2 Å². The van der Waals surface area contributed by atoms with Crippen molar-refractivity contribution in [2.75, 3.05) is 0 Å². The number of carbonyl (C=O) groups excluding carboxylic acids is 3. The minimum atomic E-state index is -0.678. The number of halogens is 1. The zero-order valence-corrected chi connectivity index (χ0v) is 27.9. The van der Waals surface area contributed by atoms with Gasteiger partial charge in [0.2, 0.25) is 5.91 Å². The Morgan fingerprint density at radius 3 is 2.37 bits per heavy atom. The average molecular weight is 626 g/mol. The topological polar surface area (TPSA) is 90.3 Å². The van der Waals surface area contributed by atoms with Gasteiger partial charge in [0, 0.05) is 13.3 Å². The Morgan fingerprint density at radius 2 is 1.77 bits per heavy atom. The molecule has 3 rings (SSSR count). The molecule has 0 radical (unpaired) electrons. The monoisotopic (exact) mass is 625 g/mol. The Balaban J connectivity index is 2.07. The number of aryl methyl sites for hydroxylation is 1. The van der Waals surface area contributed by atoms with E-state index < -0.39 is 16.8 Å². The minimum absolute atomic E-state index is 0.0199. The van der Waals surface area contributed by atoms with E-state index in [1.807, 2.05) is 87.7 Å². The molecule has 1 heterocycles. The van der Waals surface area contributed by atoms with Crippen LogP contribution >= 0.6 is 23.4 Å². The number of nitrogens with one attached hydrogen (secondary N) is 1. The van der Waals surface area contributed by atoms with Gasteiger partial charge < -0.3 is 14.6 Å². The van der Waals surface area contributed by atoms with Gasteiger partial charge in [-0.3, -0.25) is 9.59 Å². The predicted octanol–water partition coefficient (Wildman–Crippen LogP) is 7.86. The van der Waals surface area contributed by atoms with Crippen molar-refractivity contribution in [1.29, 1.82) is 0 Å². The summed E-state index contributed by atoms with van der Waals surface area (Å²) in [6.45, 7) is 13.6. The smallest absolute Gasteiger partial charge is 0.339 e. The van der Waals surface area contributed by atoms with Crippen molar-refractivity contribution in [3.05, 3.63) is 76.3 Å². The number of rotatable bonds is 13. The van der Waals surface area contributed by atoms with Crippen LogP contribution in [-0.4, -0.2) is 37.4 Å². The van der Waals surface area contributed by atoms with E-state index in [-0.39, 0.29) is 23.5 Å². The van der Waals surface area contributed by atoms with Crippen LogP contribution in [0.25, 0.3) is 11.1 Å². The molecular weight excluding hydrogens is 582 g/mol. The lowest BCUT2D eigenvalue weighted by atomic mass is 9.95. The lowest BCUT2D eigenvalue weighted by Crippen LogP contribution is -2.37. The molecule has 0 saturated carbocycles. The second-order valence-electron chi connectivity index (χ2n) is 11.8. The molecule has 2 aromatic carbocycles. The molecule has 0 saturated heterocycles. The Kier molecular flexibility index (Phi) is 12.5. The number of hydrogen-bond donors (Lipinski definition) is 1. The third kappa shape index (κ3) is 9.44. The first-order valence-electron chi connectivity index (χ1n) is 15.0. The number of carbonyl (C=O) groups is 3. The highest BCUT2D eigenvalue weighted by Crippen LogP contribution is 2.31. The maximum absolute atomic E-state index is 13.7. The number of ether oxygens (including phenoxy) is 1. The molecule has 1 aromatic heterocycles. The first kappa shape index (κ1) is 34.4. The largest absolute Gasteiger partial charge is 0.456 e. The van der Waals surface area contributed by atoms with Gasteiger partial charge in [-0.05, 0) is 49.8 Å². The number of hydrogen-bond acceptors (Lipinski definition) is 6. The van der Waals surface area contributed by atoms with Gasteiger partial charge in [0.05, 0.1) is 29.6 Å². The summed E-state index contributed by atoms with van der Waals surface area (Å²) in [5.41, 5.74) is 2.91. The van der Waals surface area contributed by atoms with Crippen LogP contribution in [0.5, 0.6) is 0 Å². The van der Waals surface area contributed by atoms with Crippen LogP contribution < -0.4 is 5.32 Å². The normalized spacial score (nSPS) is 12.9. The van der Waals surface area contributed by atoms with Crippen LogP contribution in [0, 0.1) is 5.92 Å². The first-order chi connectivity index (χ1) is 20.4. The number of esters is 1. The van der Waals surface area contributed by atoms with Crippen molar-refractivity contribution in [1.82, 2.24) is 14.9 Å². The molecule has 43 heavy (non-hydrogen) atoms. The van der Waals surface area contributed by atoms with Gasteiger partial charge in [-0.1, -0.05) is 106 Å². The van der Waals surface area contributed by atoms with Gasteiger partial charge in [0.15, 0.2) is 10.3 Å². The Hall–Kier alpha value is -3.10. The summed E-state index contributed by atoms with van der Waals surface area (Å²) in [7, 11) is 0. The van der Waals surface area contributed by atoms with Crippen molar-refractivity contribution >= 4 is 40.4 Å². The lowest BCUT2D eigenvalue weighted by Gasteiger charge is -2.23. The van der Waals surface area contributed by atoms with Crippen LogP contribution in [0.3, 0.4) is 0 Å². The van der Waals surface area contributed by atoms with Crippen LogP contribution in [0.15, 0.2) is 48.5 Å². The molecule has 9 heteroatoms. The van der Waals surface area contributed by atoms with Crippen molar-refractivity contribution in [3.63, 3.8) is 0 Å². The average Bonchev–Trinajstić information content (AvgIpc) is 3.25. The van der Waals surface area contributed by atoms with Crippen molar-refractivity contribution in [2.24, 2.45) is 5.92 Å². The van der Waals surface area contributed by atoms with E-state index in [0.29, 0.717) is 29.4 Å². The highest BCUT2D eigenvalue weighted by Gasteiger charge is 2.28. The van der Waals surface area contributed by atoms with Gasteiger partial charge in [-0.15, -0.1) is 0 Å². The molecule has 0 fully saturated rings. The van der Waals surface area contributed by atoms with Gasteiger partial charge in [0.25, 0.3) is 0 Å². The summed E-state index contributed by atoms with van der Waals surface area (Å²) in [5.74, 6) is 0.184. The fourth-order valence-corrected chi connectivity index (χ4v) is 6.05. The Morgan fingerprint density at radius 1 is 1.07 bits per heavy atom. The van der Waals surface area contributed by atoms with Crippen LogP contribution in [-0.2, 0) is 33.8 Å². The SMILES string of the molecule is CCCCc1nc(Cl)c(CNC(=O)C(SC(C)=O)C(C)CC)n1Cc1cccc(-c2ccccc2)c1C(=O)OC(C)(C)C. The standard InChI is InChI=1S/C34H44ClN3O4S/c1-8-10-19-28-37-31(35)27(20-36-32(40)30(22(3)9-2)43-23(4)39)38(28)21-25-17-14-18-26(24-15-12-11-13-16-24)29(25)33(41)42-34(5,6)7/h11-18,22,30H,8-10,19-21H2,1-7H3,(H,36,40). The molecule has 2 unspecified atom stereocenters. The first-order valence-corrected chi connectivity index (χ1v) is 16.2. The maximum Gasteiger partial charge on any atom is 0.339 e. The molecule has 3 aromatic rings. The summed E-state index contributed by atoms with van der Waals surface area (Å²) in [6, 6.07) is 15.6. The maximum atomic E-state index is 13.7. The summed E-state index contributed by atoms with van der Waals surface area (Å²) < 4.78 is 7.89. The fourth-order valence-electron chi connectivity index (χ4n) is 4.81. The van der Waals surface area contributed by atoms with E-state index in [0.717, 1.165) is 53.5 Å². The predicted molar refractivity (Wildman–Crippen MR) is 175 cm³/mol. The third-order valence-corrected chi connectivity index (χ3v) is 8.73. The number of benzene rings is 2. The lowest BCUT2D eigenvalue weighted by molar-refractivity contribution is -0.121. The number of unbranched alkanes of at least 4 members (excludes halogenated alkanes) is 1. The van der Waals surface area contributed by atoms with Crippen molar-refractivity contribution in [3.8, 4) is 11.1 Å². The zero-order valence-electron chi connectivity index (χ0n) is 26.3. The van der Waals surface area contributed by atoms with E-state index in [9.17, 15) is 14.4 Å². The van der Waals surface area contributed by atoms with E-state index in [1.165, 1.54) is 6.92 Å². The van der Waals surface area contributed by atoms with Gasteiger partial charge in [0.1, 0.15) is 11.4 Å². The van der Waals surface area contributed by atoms with Crippen molar-refractivity contribution < 1.29 is 19.1 Å². The van der Waals surface area contributed by atoms with E-state index in [1.54, 1.807) is 0 Å². The van der Waals surface area contributed by atoms with Gasteiger partial charge in [-0.2, -0.15) is 0 Å². The van der Waals surface area contributed by atoms with E-state index in [4.69, 9.17) is 16.3 Å². The Labute approximate surface area is 265 Å². The number of imidazole rings is 1. The molecular formula is C34H44ClN3O4S. The molecule has 232 valence electrons. The van der Waals surface area contributed by atoms with Crippen LogP contribution in [0.1, 0.15) is 95.2 Å². The molecule has 0 spiro atoms. The highest BCUT2D eigenvalue weighted by molar-refractivity contribution is 8.14. The molecule has 0 bridgehead atoms. The third-order valence-electron chi connectivity index (χ3n) is 7.17. The quantitative estimate of drug-likeness (QED) is 0.194. The minimum Gasteiger partial charge on any atom is -0.456 e. The summed E-state index contributed by atoms with van der Waals surface area (Å²) in [4.78, 5) is 43.6. The van der Waals surface area contributed by atoms with Crippen LogP contribution in [0.4, 0.5) is 0 Å². The summed E-state index contributed by atoms with van der Waals surface area (Å²) >= 11 is 7.77. The molecule has 1 N–H and O–H groups in total. The summed E-state index contributed by atoms with van der Waals surface area (Å²) in [5, 5.41) is 2.72. The van der Waals surface area contributed by atoms with Crippen LogP contribution in [0.2, 0.25) is 5.15 Å². The molecule has 1 amide bonds. The number of thioether (sulfide) groups is 1. The fraction of sp³-hybridized carbons (Fsp3) is 0.471. The molecule has 0 aliphatic heterocycles. The second kappa shape index (κ2) is 15.6. The zero-order chi connectivity index (χ0) is 31.7. The molecule has 0 aliphatic carbocycles. The second-order valence-corrected chi connectivity index (χ2v) is 13.5. The van der Waals surface area contributed by atoms with E-state index >= 15 is 0 Å². The molecule has 2 atom stereocenters. The summed E-state index contributed by atoms with van der Waals surface area (Å²) in [6.07, 6.45) is 3.35. The highest BCUT2D eigenvalue weighted by atomic mass is 35.5. The van der Waals surface area contributed by atoms with Gasteiger partial charge in [-0.25, -0.2) is 9.78 Å². The Bertz CT molecular complexity index is 1410. The van der Waals surface area contributed by atoms with Crippen molar-refractivity contribution in [2.45, 2.75) is 98.1 Å². The number of nitrogens with zero attached hydrogens (tertiary/aromatic N) is 2. The molecule has 7 nitrogen and oxygen atoms in total. The number of amides is 1. The molecule has 0 aliphatic rings.